The number of nitrogens with zero attached hydrogens (tertiary/aromatic N) is 2. The number of carbonyl (C=O) groups excluding carboxylic acids is 1. The van der Waals surface area contributed by atoms with E-state index in [-0.39, 0.29) is 18.2 Å². The fraction of sp³-hybridized carbons (Fsp3) is 0.667. The van der Waals surface area contributed by atoms with Crippen LogP contribution in [0.25, 0.3) is 0 Å². The van der Waals surface area contributed by atoms with Crippen molar-refractivity contribution in [1.29, 1.82) is 0 Å². The van der Waals surface area contributed by atoms with Crippen LogP contribution in [0.5, 0.6) is 6.01 Å². The van der Waals surface area contributed by atoms with Gasteiger partial charge in [0.05, 0.1) is 0 Å². The van der Waals surface area contributed by atoms with Gasteiger partial charge in [-0.1, -0.05) is 0 Å². The summed E-state index contributed by atoms with van der Waals surface area (Å²) in [6.45, 7) is 6.44. The fourth-order valence-electron chi connectivity index (χ4n) is 2.62. The third kappa shape index (κ3) is 4.88. The summed E-state index contributed by atoms with van der Waals surface area (Å²) in [7, 11) is 0. The Morgan fingerprint density at radius 3 is 2.43 bits per heavy atom. The van der Waals surface area contributed by atoms with Gasteiger partial charge in [-0.3, -0.25) is 0 Å². The normalized spacial score (nSPS) is 21.7. The summed E-state index contributed by atoms with van der Waals surface area (Å²) in [6.07, 6.45) is 3.80. The first kappa shape index (κ1) is 15.5. The lowest BCUT2D eigenvalue weighted by atomic mass is 9.93. The Balaban J connectivity index is 1.80. The van der Waals surface area contributed by atoms with Gasteiger partial charge in [-0.05, 0) is 52.5 Å². The maximum atomic E-state index is 11.5. The van der Waals surface area contributed by atoms with Crippen LogP contribution in [0.15, 0.2) is 6.07 Å². The molecule has 1 aliphatic rings. The van der Waals surface area contributed by atoms with Crippen LogP contribution in [-0.2, 0) is 0 Å². The molecule has 0 radical (unpaired) electrons. The van der Waals surface area contributed by atoms with E-state index >= 15 is 0 Å². The zero-order valence-electron chi connectivity index (χ0n) is 13.0. The highest BCUT2D eigenvalue weighted by atomic mass is 16.5. The van der Waals surface area contributed by atoms with Crippen LogP contribution in [0.1, 0.15) is 44.0 Å². The van der Waals surface area contributed by atoms with Gasteiger partial charge in [0.25, 0.3) is 0 Å². The minimum absolute atomic E-state index is 0.0838. The monoisotopic (exact) mass is 292 g/mol. The Bertz CT molecular complexity index is 464. The molecule has 0 aromatic carbocycles. The molecule has 1 fully saturated rings. The number of hydrogen-bond acceptors (Lipinski definition) is 4. The van der Waals surface area contributed by atoms with E-state index in [4.69, 9.17) is 4.74 Å². The summed E-state index contributed by atoms with van der Waals surface area (Å²) in [5, 5.41) is 5.74. The lowest BCUT2D eigenvalue weighted by Gasteiger charge is -2.28. The highest BCUT2D eigenvalue weighted by Gasteiger charge is 2.24. The van der Waals surface area contributed by atoms with Crippen LogP contribution in [0.3, 0.4) is 0 Å². The zero-order chi connectivity index (χ0) is 15.2. The standard InChI is InChI=1S/C15H24N4O2/c1-4-16-14(20)19-12-5-7-13(8-6-12)21-15-17-10(2)9-11(3)18-15/h9,12-13H,4-8H2,1-3H3,(H2,16,19,20). The highest BCUT2D eigenvalue weighted by molar-refractivity contribution is 5.74. The van der Waals surface area contributed by atoms with Gasteiger partial charge in [0.2, 0.25) is 0 Å². The molecule has 0 aliphatic heterocycles. The molecule has 1 aromatic rings. The molecule has 0 atom stereocenters. The van der Waals surface area contributed by atoms with Gasteiger partial charge in [0.15, 0.2) is 0 Å². The fourth-order valence-corrected chi connectivity index (χ4v) is 2.62. The van der Waals surface area contributed by atoms with Gasteiger partial charge in [0, 0.05) is 24.0 Å². The summed E-state index contributed by atoms with van der Waals surface area (Å²) in [5.74, 6) is 0. The molecule has 1 heterocycles. The van der Waals surface area contributed by atoms with Crippen LogP contribution in [-0.4, -0.2) is 34.7 Å². The van der Waals surface area contributed by atoms with Crippen LogP contribution in [0.2, 0.25) is 0 Å². The molecule has 1 saturated carbocycles. The van der Waals surface area contributed by atoms with Crippen molar-refractivity contribution < 1.29 is 9.53 Å². The third-order valence-electron chi connectivity index (χ3n) is 3.58. The predicted molar refractivity (Wildman–Crippen MR) is 80.4 cm³/mol. The number of aryl methyl sites for hydroxylation is 2. The van der Waals surface area contributed by atoms with Crippen LogP contribution < -0.4 is 15.4 Å². The molecule has 2 amide bonds. The van der Waals surface area contributed by atoms with E-state index in [9.17, 15) is 4.79 Å². The lowest BCUT2D eigenvalue weighted by molar-refractivity contribution is 0.128. The first-order chi connectivity index (χ1) is 10.1. The van der Waals surface area contributed by atoms with Crippen molar-refractivity contribution in [2.45, 2.75) is 58.6 Å². The SMILES string of the molecule is CCNC(=O)NC1CCC(Oc2nc(C)cc(C)n2)CC1. The summed E-state index contributed by atoms with van der Waals surface area (Å²) in [4.78, 5) is 20.1. The molecule has 6 nitrogen and oxygen atoms in total. The number of ether oxygens (including phenoxy) is 1. The molecular weight excluding hydrogens is 268 g/mol. The molecule has 0 spiro atoms. The second kappa shape index (κ2) is 7.24. The van der Waals surface area contributed by atoms with Crippen molar-refractivity contribution in [1.82, 2.24) is 20.6 Å². The van der Waals surface area contributed by atoms with Crippen molar-refractivity contribution in [3.05, 3.63) is 17.5 Å². The van der Waals surface area contributed by atoms with Crippen molar-refractivity contribution in [3.63, 3.8) is 0 Å². The number of hydrogen-bond donors (Lipinski definition) is 2. The zero-order valence-corrected chi connectivity index (χ0v) is 13.0. The van der Waals surface area contributed by atoms with E-state index in [1.807, 2.05) is 26.8 Å². The molecule has 1 aromatic heterocycles. The molecule has 21 heavy (non-hydrogen) atoms. The van der Waals surface area contributed by atoms with E-state index < -0.39 is 0 Å². The van der Waals surface area contributed by atoms with Gasteiger partial charge in [-0.25, -0.2) is 14.8 Å². The summed E-state index contributed by atoms with van der Waals surface area (Å²) < 4.78 is 5.87. The minimum Gasteiger partial charge on any atom is -0.460 e. The Hall–Kier alpha value is -1.85. The third-order valence-corrected chi connectivity index (χ3v) is 3.58. The van der Waals surface area contributed by atoms with E-state index in [1.54, 1.807) is 0 Å². The molecule has 2 N–H and O–H groups in total. The van der Waals surface area contributed by atoms with Crippen LogP contribution >= 0.6 is 0 Å². The number of rotatable bonds is 4. The smallest absolute Gasteiger partial charge is 0.317 e. The number of carbonyl (C=O) groups is 1. The number of urea groups is 1. The topological polar surface area (TPSA) is 76.1 Å². The Kier molecular flexibility index (Phi) is 5.36. The van der Waals surface area contributed by atoms with Crippen LogP contribution in [0.4, 0.5) is 4.79 Å². The predicted octanol–water partition coefficient (Wildman–Crippen LogP) is 2.10. The minimum atomic E-state index is -0.0838. The van der Waals surface area contributed by atoms with E-state index in [1.165, 1.54) is 0 Å². The second-order valence-electron chi connectivity index (χ2n) is 5.53. The lowest BCUT2D eigenvalue weighted by Crippen LogP contribution is -2.44. The van der Waals surface area contributed by atoms with Crippen LogP contribution in [0, 0.1) is 13.8 Å². The number of amides is 2. The van der Waals surface area contributed by atoms with E-state index in [0.29, 0.717) is 12.6 Å². The average molecular weight is 292 g/mol. The average Bonchev–Trinajstić information content (AvgIpc) is 2.40. The van der Waals surface area contributed by atoms with Gasteiger partial charge < -0.3 is 15.4 Å². The quantitative estimate of drug-likeness (QED) is 0.891. The molecule has 6 heteroatoms. The van der Waals surface area contributed by atoms with E-state index in [0.717, 1.165) is 37.1 Å². The highest BCUT2D eigenvalue weighted by Crippen LogP contribution is 2.22. The Labute approximate surface area is 125 Å². The van der Waals surface area contributed by atoms with Gasteiger partial charge in [-0.2, -0.15) is 0 Å². The molecule has 0 bridgehead atoms. The molecule has 116 valence electrons. The number of nitrogens with one attached hydrogen (secondary N) is 2. The van der Waals surface area contributed by atoms with Crippen molar-refractivity contribution in [3.8, 4) is 6.01 Å². The Morgan fingerprint density at radius 2 is 1.86 bits per heavy atom. The van der Waals surface area contributed by atoms with Gasteiger partial charge in [0.1, 0.15) is 6.10 Å². The number of aromatic nitrogens is 2. The maximum absolute atomic E-state index is 11.5. The maximum Gasteiger partial charge on any atom is 0.317 e. The molecule has 0 saturated heterocycles. The molecule has 1 aliphatic carbocycles. The summed E-state index contributed by atoms with van der Waals surface area (Å²) in [6, 6.07) is 2.55. The largest absolute Gasteiger partial charge is 0.460 e. The molecule has 2 rings (SSSR count). The molecule has 0 unspecified atom stereocenters. The Morgan fingerprint density at radius 1 is 1.24 bits per heavy atom. The van der Waals surface area contributed by atoms with E-state index in [2.05, 4.69) is 20.6 Å². The summed E-state index contributed by atoms with van der Waals surface area (Å²) >= 11 is 0. The second-order valence-corrected chi connectivity index (χ2v) is 5.53. The van der Waals surface area contributed by atoms with Crippen molar-refractivity contribution >= 4 is 6.03 Å². The first-order valence-corrected chi connectivity index (χ1v) is 7.60. The van der Waals surface area contributed by atoms with Gasteiger partial charge in [-0.15, -0.1) is 0 Å². The van der Waals surface area contributed by atoms with Crippen molar-refractivity contribution in [2.24, 2.45) is 0 Å². The van der Waals surface area contributed by atoms with Crippen molar-refractivity contribution in [2.75, 3.05) is 6.54 Å². The summed E-state index contributed by atoms with van der Waals surface area (Å²) in [5.41, 5.74) is 1.84. The van der Waals surface area contributed by atoms with Gasteiger partial charge >= 0.3 is 12.0 Å². The molecular formula is C15H24N4O2. The first-order valence-electron chi connectivity index (χ1n) is 7.60.